The Morgan fingerprint density at radius 3 is 2.53 bits per heavy atom. The summed E-state index contributed by atoms with van der Waals surface area (Å²) in [6.07, 6.45) is 1.37. The smallest absolute Gasteiger partial charge is 0.262 e. The molecule has 0 unspecified atom stereocenters. The Labute approximate surface area is 111 Å². The van der Waals surface area contributed by atoms with Crippen molar-refractivity contribution >= 4 is 42.5 Å². The van der Waals surface area contributed by atoms with Crippen molar-refractivity contribution in [1.82, 2.24) is 9.59 Å². The molecule has 0 saturated heterocycles. The summed E-state index contributed by atoms with van der Waals surface area (Å²) in [7, 11) is -3.54. The van der Waals surface area contributed by atoms with E-state index in [4.69, 9.17) is 0 Å². The van der Waals surface area contributed by atoms with E-state index in [0.29, 0.717) is 10.3 Å². The van der Waals surface area contributed by atoms with E-state index < -0.39 is 10.0 Å². The monoisotopic (exact) mass is 333 g/mol. The highest BCUT2D eigenvalue weighted by Gasteiger charge is 2.14. The molecule has 1 aromatic carbocycles. The van der Waals surface area contributed by atoms with Gasteiger partial charge in [0, 0.05) is 16.9 Å². The number of anilines is 1. The Morgan fingerprint density at radius 1 is 1.29 bits per heavy atom. The van der Waals surface area contributed by atoms with Crippen LogP contribution < -0.4 is 4.72 Å². The first-order valence-corrected chi connectivity index (χ1v) is 7.95. The van der Waals surface area contributed by atoms with Crippen molar-refractivity contribution in [3.63, 3.8) is 0 Å². The van der Waals surface area contributed by atoms with E-state index in [1.54, 1.807) is 24.3 Å². The summed E-state index contributed by atoms with van der Waals surface area (Å²) in [6.45, 7) is 0. The summed E-state index contributed by atoms with van der Waals surface area (Å²) in [5.41, 5.74) is 1.02. The Hall–Kier alpha value is -0.990. The van der Waals surface area contributed by atoms with Gasteiger partial charge in [-0.05, 0) is 17.7 Å². The van der Waals surface area contributed by atoms with Gasteiger partial charge >= 0.3 is 0 Å². The third kappa shape index (κ3) is 3.02. The topological polar surface area (TPSA) is 72.0 Å². The van der Waals surface area contributed by atoms with Crippen molar-refractivity contribution in [1.29, 1.82) is 0 Å². The van der Waals surface area contributed by atoms with Gasteiger partial charge in [0.05, 0.1) is 11.1 Å². The van der Waals surface area contributed by atoms with Crippen molar-refractivity contribution in [2.45, 2.75) is 10.2 Å². The van der Waals surface area contributed by atoms with E-state index in [1.807, 2.05) is 0 Å². The standard InChI is InChI=1S/C9H8BrN3O2S2/c10-5-7-1-3-8(4-2-7)17(14,15)12-9-6-11-13-16-9/h1-4,6,12H,5H2. The molecule has 0 saturated carbocycles. The minimum absolute atomic E-state index is 0.218. The van der Waals surface area contributed by atoms with Crippen LogP contribution >= 0.6 is 27.5 Å². The molecular formula is C9H8BrN3O2S2. The van der Waals surface area contributed by atoms with Gasteiger partial charge in [-0.1, -0.05) is 32.6 Å². The zero-order valence-electron chi connectivity index (χ0n) is 8.50. The molecule has 8 heteroatoms. The summed E-state index contributed by atoms with van der Waals surface area (Å²) in [4.78, 5) is 0.218. The second kappa shape index (κ2) is 5.11. The lowest BCUT2D eigenvalue weighted by molar-refractivity contribution is 0.601. The van der Waals surface area contributed by atoms with E-state index in [2.05, 4.69) is 30.2 Å². The van der Waals surface area contributed by atoms with Crippen LogP contribution in [0.1, 0.15) is 5.56 Å². The molecule has 0 aliphatic rings. The molecule has 0 bridgehead atoms. The zero-order valence-corrected chi connectivity index (χ0v) is 11.7. The van der Waals surface area contributed by atoms with E-state index >= 15 is 0 Å². The molecule has 90 valence electrons. The maximum atomic E-state index is 11.9. The van der Waals surface area contributed by atoms with Crippen LogP contribution in [0.4, 0.5) is 5.00 Å². The first-order valence-electron chi connectivity index (χ1n) is 4.57. The van der Waals surface area contributed by atoms with Crippen LogP contribution in [0.25, 0.3) is 0 Å². The van der Waals surface area contributed by atoms with E-state index in [9.17, 15) is 8.42 Å². The Morgan fingerprint density at radius 2 is 2.00 bits per heavy atom. The van der Waals surface area contributed by atoms with Crippen molar-refractivity contribution < 1.29 is 8.42 Å². The number of hydrogen-bond donors (Lipinski definition) is 1. The summed E-state index contributed by atoms with van der Waals surface area (Å²) in [6, 6.07) is 6.64. The number of benzene rings is 1. The van der Waals surface area contributed by atoms with Crippen LogP contribution in [0.15, 0.2) is 35.4 Å². The third-order valence-electron chi connectivity index (χ3n) is 1.98. The van der Waals surface area contributed by atoms with Gasteiger partial charge < -0.3 is 0 Å². The lowest BCUT2D eigenvalue weighted by Crippen LogP contribution is -2.11. The van der Waals surface area contributed by atoms with Gasteiger partial charge in [0.2, 0.25) is 0 Å². The van der Waals surface area contributed by atoms with Gasteiger partial charge in [-0.25, -0.2) is 8.42 Å². The minimum atomic E-state index is -3.54. The first kappa shape index (κ1) is 12.5. The fourth-order valence-electron chi connectivity index (χ4n) is 1.16. The van der Waals surface area contributed by atoms with Gasteiger partial charge in [0.25, 0.3) is 10.0 Å². The number of rotatable bonds is 4. The highest BCUT2D eigenvalue weighted by molar-refractivity contribution is 9.08. The molecule has 0 radical (unpaired) electrons. The fourth-order valence-corrected chi connectivity index (χ4v) is 3.22. The Balaban J connectivity index is 2.25. The Kier molecular flexibility index (Phi) is 3.75. The van der Waals surface area contributed by atoms with E-state index in [-0.39, 0.29) is 4.90 Å². The molecule has 1 aromatic heterocycles. The second-order valence-corrected chi connectivity index (χ2v) is 6.19. The highest BCUT2D eigenvalue weighted by atomic mass is 79.9. The SMILES string of the molecule is O=S(=O)(Nc1cnns1)c1ccc(CBr)cc1. The maximum absolute atomic E-state index is 11.9. The van der Waals surface area contributed by atoms with Crippen LogP contribution in [0.2, 0.25) is 0 Å². The fraction of sp³-hybridized carbons (Fsp3) is 0.111. The van der Waals surface area contributed by atoms with Crippen LogP contribution in [0, 0.1) is 0 Å². The number of nitrogens with one attached hydrogen (secondary N) is 1. The molecule has 0 amide bonds. The number of alkyl halides is 1. The van der Waals surface area contributed by atoms with Crippen molar-refractivity contribution in [2.24, 2.45) is 0 Å². The van der Waals surface area contributed by atoms with E-state index in [1.165, 1.54) is 6.20 Å². The number of nitrogens with zero attached hydrogens (tertiary/aromatic N) is 2. The zero-order chi connectivity index (χ0) is 12.3. The molecule has 0 spiro atoms. The molecule has 5 nitrogen and oxygen atoms in total. The molecule has 17 heavy (non-hydrogen) atoms. The molecule has 1 heterocycles. The van der Waals surface area contributed by atoms with Gasteiger partial charge in [0.1, 0.15) is 5.00 Å². The molecule has 0 aliphatic carbocycles. The van der Waals surface area contributed by atoms with Gasteiger partial charge in [-0.15, -0.1) is 5.10 Å². The molecule has 0 aliphatic heterocycles. The van der Waals surface area contributed by atoms with E-state index in [0.717, 1.165) is 17.1 Å². The normalized spacial score (nSPS) is 11.4. The van der Waals surface area contributed by atoms with Gasteiger partial charge in [-0.2, -0.15) is 0 Å². The predicted molar refractivity (Wildman–Crippen MR) is 69.8 cm³/mol. The summed E-state index contributed by atoms with van der Waals surface area (Å²) in [5, 5.41) is 4.65. The number of hydrogen-bond acceptors (Lipinski definition) is 5. The van der Waals surface area contributed by atoms with Crippen LogP contribution in [0.3, 0.4) is 0 Å². The van der Waals surface area contributed by atoms with Crippen LogP contribution in [0.5, 0.6) is 0 Å². The predicted octanol–water partition coefficient (Wildman–Crippen LogP) is 2.23. The average molecular weight is 334 g/mol. The molecular weight excluding hydrogens is 326 g/mol. The Bertz CT molecular complexity index is 581. The van der Waals surface area contributed by atoms with Gasteiger partial charge in [-0.3, -0.25) is 4.72 Å². The molecule has 0 fully saturated rings. The van der Waals surface area contributed by atoms with Crippen molar-refractivity contribution in [3.8, 4) is 0 Å². The lowest BCUT2D eigenvalue weighted by atomic mass is 10.2. The van der Waals surface area contributed by atoms with Crippen molar-refractivity contribution in [3.05, 3.63) is 36.0 Å². The van der Waals surface area contributed by atoms with Crippen LogP contribution in [-0.4, -0.2) is 18.0 Å². The molecule has 0 atom stereocenters. The summed E-state index contributed by atoms with van der Waals surface area (Å²) >= 11 is 4.29. The summed E-state index contributed by atoms with van der Waals surface area (Å²) < 4.78 is 29.8. The van der Waals surface area contributed by atoms with Crippen LogP contribution in [-0.2, 0) is 15.4 Å². The number of aromatic nitrogens is 2. The largest absolute Gasteiger partial charge is 0.268 e. The molecule has 2 rings (SSSR count). The first-order chi connectivity index (χ1) is 8.12. The van der Waals surface area contributed by atoms with Gasteiger partial charge in [0.15, 0.2) is 0 Å². The minimum Gasteiger partial charge on any atom is -0.268 e. The third-order valence-corrected chi connectivity index (χ3v) is 4.72. The van der Waals surface area contributed by atoms with Crippen molar-refractivity contribution in [2.75, 3.05) is 4.72 Å². The highest BCUT2D eigenvalue weighted by Crippen LogP contribution is 2.18. The second-order valence-electron chi connectivity index (χ2n) is 3.16. The molecule has 1 N–H and O–H groups in total. The number of halogens is 1. The summed E-state index contributed by atoms with van der Waals surface area (Å²) in [5.74, 6) is 0. The number of sulfonamides is 1. The maximum Gasteiger partial charge on any atom is 0.262 e. The average Bonchev–Trinajstić information content (AvgIpc) is 2.81. The quantitative estimate of drug-likeness (QED) is 0.871. The lowest BCUT2D eigenvalue weighted by Gasteiger charge is -2.05. The molecule has 2 aromatic rings.